The van der Waals surface area contributed by atoms with Crippen LogP contribution in [0.2, 0.25) is 0 Å². The highest BCUT2D eigenvalue weighted by atomic mass is 16.5. The second-order valence-electron chi connectivity index (χ2n) is 5.01. The summed E-state index contributed by atoms with van der Waals surface area (Å²) in [5, 5.41) is 0. The summed E-state index contributed by atoms with van der Waals surface area (Å²) >= 11 is 0. The molecule has 1 aliphatic rings. The van der Waals surface area contributed by atoms with Crippen molar-refractivity contribution in [3.63, 3.8) is 0 Å². The molecule has 110 valence electrons. The lowest BCUT2D eigenvalue weighted by atomic mass is 9.96. The summed E-state index contributed by atoms with van der Waals surface area (Å²) in [6.45, 7) is 2.36. The predicted molar refractivity (Wildman–Crippen MR) is 80.3 cm³/mol. The molecule has 0 aliphatic carbocycles. The molecule has 1 aromatic carbocycles. The minimum absolute atomic E-state index is 0.325. The van der Waals surface area contributed by atoms with Crippen molar-refractivity contribution in [1.82, 2.24) is 9.55 Å². The number of hydrogen-bond donors (Lipinski definition) is 1. The molecule has 3 rings (SSSR count). The van der Waals surface area contributed by atoms with E-state index in [1.807, 2.05) is 43.1 Å². The molecule has 0 bridgehead atoms. The van der Waals surface area contributed by atoms with E-state index in [-0.39, 0.29) is 5.56 Å². The summed E-state index contributed by atoms with van der Waals surface area (Å²) < 4.78 is 6.87. The number of H-pyrrole nitrogens is 1. The number of para-hydroxylation sites is 1. The molecule has 6 heteroatoms. The fourth-order valence-corrected chi connectivity index (χ4v) is 2.76. The summed E-state index contributed by atoms with van der Waals surface area (Å²) in [5.41, 5.74) is 1.57. The highest BCUT2D eigenvalue weighted by Crippen LogP contribution is 2.41. The molecular weight excluding hydrogens is 270 g/mol. The van der Waals surface area contributed by atoms with Gasteiger partial charge in [0, 0.05) is 32.0 Å². The monoisotopic (exact) mass is 287 g/mol. The van der Waals surface area contributed by atoms with Crippen LogP contribution in [0.25, 0.3) is 0 Å². The molecule has 1 N–H and O–H groups in total. The molecule has 6 nitrogen and oxygen atoms in total. The van der Waals surface area contributed by atoms with Crippen LogP contribution in [0.4, 0.5) is 11.5 Å². The van der Waals surface area contributed by atoms with E-state index in [9.17, 15) is 9.59 Å². The Labute approximate surface area is 121 Å². The fourth-order valence-electron chi connectivity index (χ4n) is 2.76. The first kappa shape index (κ1) is 13.6. The Morgan fingerprint density at radius 3 is 2.67 bits per heavy atom. The van der Waals surface area contributed by atoms with Crippen LogP contribution in [-0.2, 0) is 11.8 Å². The van der Waals surface area contributed by atoms with Crippen LogP contribution in [-0.4, -0.2) is 23.2 Å². The zero-order valence-electron chi connectivity index (χ0n) is 12.2. The first-order valence-corrected chi connectivity index (χ1v) is 6.83. The Morgan fingerprint density at radius 1 is 1.24 bits per heavy atom. The van der Waals surface area contributed by atoms with Gasteiger partial charge in [-0.1, -0.05) is 18.2 Å². The molecular formula is C15H17N3O3. The van der Waals surface area contributed by atoms with E-state index in [4.69, 9.17) is 4.74 Å². The Bertz CT molecular complexity index is 807. The zero-order valence-corrected chi connectivity index (χ0v) is 12.2. The van der Waals surface area contributed by atoms with Crippen LogP contribution >= 0.6 is 0 Å². The van der Waals surface area contributed by atoms with Gasteiger partial charge < -0.3 is 9.64 Å². The SMILES string of the molecule is CCO[C@H]1c2ccccc2N(C)c2[nH]c(=O)n(C)c(=O)c21. The second-order valence-corrected chi connectivity index (χ2v) is 5.01. The molecule has 2 aromatic rings. The maximum atomic E-state index is 12.5. The van der Waals surface area contributed by atoms with Gasteiger partial charge in [0.1, 0.15) is 11.9 Å². The highest BCUT2D eigenvalue weighted by molar-refractivity contribution is 5.71. The normalized spacial score (nSPS) is 16.5. The van der Waals surface area contributed by atoms with Crippen LogP contribution in [0.15, 0.2) is 33.9 Å². The molecule has 21 heavy (non-hydrogen) atoms. The summed E-state index contributed by atoms with van der Waals surface area (Å²) in [6, 6.07) is 7.72. The molecule has 0 fully saturated rings. The predicted octanol–water partition coefficient (Wildman–Crippen LogP) is 1.28. The van der Waals surface area contributed by atoms with Gasteiger partial charge >= 0.3 is 5.69 Å². The van der Waals surface area contributed by atoms with Crippen molar-refractivity contribution in [2.45, 2.75) is 13.0 Å². The smallest absolute Gasteiger partial charge is 0.329 e. The van der Waals surface area contributed by atoms with E-state index in [1.165, 1.54) is 7.05 Å². The van der Waals surface area contributed by atoms with Gasteiger partial charge in [-0.15, -0.1) is 0 Å². The van der Waals surface area contributed by atoms with Crippen molar-refractivity contribution in [3.05, 3.63) is 56.2 Å². The van der Waals surface area contributed by atoms with E-state index in [1.54, 1.807) is 0 Å². The number of benzene rings is 1. The number of rotatable bonds is 2. The van der Waals surface area contributed by atoms with Crippen molar-refractivity contribution in [3.8, 4) is 0 Å². The van der Waals surface area contributed by atoms with Gasteiger partial charge in [0.2, 0.25) is 0 Å². The largest absolute Gasteiger partial charge is 0.369 e. The lowest BCUT2D eigenvalue weighted by Gasteiger charge is -2.33. The van der Waals surface area contributed by atoms with Gasteiger partial charge in [-0.3, -0.25) is 14.3 Å². The first-order chi connectivity index (χ1) is 10.1. The van der Waals surface area contributed by atoms with Crippen LogP contribution in [0.1, 0.15) is 24.2 Å². The van der Waals surface area contributed by atoms with E-state index in [0.717, 1.165) is 15.8 Å². The number of ether oxygens (including phenoxy) is 1. The zero-order chi connectivity index (χ0) is 15.1. The molecule has 1 aliphatic heterocycles. The third-order valence-electron chi connectivity index (χ3n) is 3.83. The Balaban J connectivity index is 2.36. The maximum absolute atomic E-state index is 12.5. The van der Waals surface area contributed by atoms with Gasteiger partial charge in [-0.05, 0) is 13.0 Å². The molecule has 0 saturated carbocycles. The van der Waals surface area contributed by atoms with Gasteiger partial charge in [-0.25, -0.2) is 4.79 Å². The summed E-state index contributed by atoms with van der Waals surface area (Å²) in [5.74, 6) is 0.500. The third kappa shape index (κ3) is 1.91. The maximum Gasteiger partial charge on any atom is 0.329 e. The van der Waals surface area contributed by atoms with Crippen LogP contribution in [0, 0.1) is 0 Å². The van der Waals surface area contributed by atoms with E-state index in [0.29, 0.717) is 18.0 Å². The highest BCUT2D eigenvalue weighted by Gasteiger charge is 2.33. The molecule has 0 amide bonds. The number of aromatic nitrogens is 2. The van der Waals surface area contributed by atoms with Crippen molar-refractivity contribution >= 4 is 11.5 Å². The standard InChI is InChI=1S/C15H17N3O3/c1-4-21-12-9-7-5-6-8-10(9)17(2)13-11(12)14(19)18(3)15(20)16-13/h5-8,12H,4H2,1-3H3,(H,16,20)/t12-/m0/s1. The first-order valence-electron chi connectivity index (χ1n) is 6.83. The number of nitrogens with zero attached hydrogens (tertiary/aromatic N) is 2. The lowest BCUT2D eigenvalue weighted by Crippen LogP contribution is -2.40. The van der Waals surface area contributed by atoms with Gasteiger partial charge in [0.15, 0.2) is 0 Å². The number of anilines is 2. The quantitative estimate of drug-likeness (QED) is 0.903. The Hall–Kier alpha value is -2.34. The summed E-state index contributed by atoms with van der Waals surface area (Å²) in [6.07, 6.45) is -0.465. The number of fused-ring (bicyclic) bond motifs is 2. The van der Waals surface area contributed by atoms with Gasteiger partial charge in [0.25, 0.3) is 5.56 Å². The van der Waals surface area contributed by atoms with Crippen molar-refractivity contribution < 1.29 is 4.74 Å². The molecule has 1 aromatic heterocycles. The average molecular weight is 287 g/mol. The number of hydrogen-bond acceptors (Lipinski definition) is 4. The molecule has 0 radical (unpaired) electrons. The minimum Gasteiger partial charge on any atom is -0.369 e. The van der Waals surface area contributed by atoms with Crippen molar-refractivity contribution in [2.75, 3.05) is 18.6 Å². The molecule has 0 spiro atoms. The van der Waals surface area contributed by atoms with Crippen LogP contribution < -0.4 is 16.1 Å². The molecule has 2 heterocycles. The van der Waals surface area contributed by atoms with E-state index in [2.05, 4.69) is 4.98 Å². The van der Waals surface area contributed by atoms with E-state index >= 15 is 0 Å². The van der Waals surface area contributed by atoms with E-state index < -0.39 is 11.8 Å². The summed E-state index contributed by atoms with van der Waals surface area (Å²) in [7, 11) is 3.29. The van der Waals surface area contributed by atoms with Crippen molar-refractivity contribution in [1.29, 1.82) is 0 Å². The lowest BCUT2D eigenvalue weighted by molar-refractivity contribution is 0.0892. The fraction of sp³-hybridized carbons (Fsp3) is 0.333. The Morgan fingerprint density at radius 2 is 1.95 bits per heavy atom. The van der Waals surface area contributed by atoms with Gasteiger partial charge in [0.05, 0.1) is 5.56 Å². The molecule has 1 atom stereocenters. The van der Waals surface area contributed by atoms with Crippen molar-refractivity contribution in [2.24, 2.45) is 7.05 Å². The van der Waals surface area contributed by atoms with Crippen LogP contribution in [0.5, 0.6) is 0 Å². The number of aromatic amines is 1. The average Bonchev–Trinajstić information content (AvgIpc) is 2.49. The van der Waals surface area contributed by atoms with Gasteiger partial charge in [-0.2, -0.15) is 0 Å². The molecule has 0 saturated heterocycles. The van der Waals surface area contributed by atoms with Crippen LogP contribution in [0.3, 0.4) is 0 Å². The third-order valence-corrected chi connectivity index (χ3v) is 3.83. The second kappa shape index (κ2) is 4.89. The number of nitrogens with one attached hydrogen (secondary N) is 1. The minimum atomic E-state index is -0.465. The summed E-state index contributed by atoms with van der Waals surface area (Å²) in [4.78, 5) is 29.0. The topological polar surface area (TPSA) is 67.3 Å². The Kier molecular flexibility index (Phi) is 3.17. The molecule has 0 unspecified atom stereocenters.